The number of hydrogen-bond donors (Lipinski definition) is 2. The minimum Gasteiger partial charge on any atom is -0.390 e. The number of carbonyl (C=O) groups is 1. The lowest BCUT2D eigenvalue weighted by molar-refractivity contribution is -0.120. The van der Waals surface area contributed by atoms with Crippen LogP contribution in [0.5, 0.6) is 0 Å². The monoisotopic (exact) mass is 452 g/mol. The summed E-state index contributed by atoms with van der Waals surface area (Å²) >= 11 is 0. The van der Waals surface area contributed by atoms with Crippen molar-refractivity contribution in [3.8, 4) is 0 Å². The highest BCUT2D eigenvalue weighted by molar-refractivity contribution is 5.97. The van der Waals surface area contributed by atoms with E-state index in [9.17, 15) is 15.0 Å². The number of anilines is 2. The smallest absolute Gasteiger partial charge is 0.230 e. The SMILES string of the molecule is CC[C@](O)(c1ccc(N2CC[C@@H](Cc3ccccc3N3CCN(C)CC3)C2=O)cn1)[C@H](C)O. The number of likely N-dealkylation sites (N-methyl/N-ethyl adjacent to an activating group) is 1. The standard InChI is InChI=1S/C26H36N4O3/c1-4-26(33,19(2)31)24-10-9-22(18-27-24)30-12-11-21(25(30)32)17-20-7-5-6-8-23(20)29-15-13-28(3)14-16-29/h5-10,18-19,21,31,33H,4,11-17H2,1-3H3/t19-,21-,26+/m0/s1. The Balaban J connectivity index is 1.46. The van der Waals surface area contributed by atoms with Crippen LogP contribution >= 0.6 is 0 Å². The average Bonchev–Trinajstić information content (AvgIpc) is 3.19. The topological polar surface area (TPSA) is 80.1 Å². The number of rotatable bonds is 7. The zero-order chi connectivity index (χ0) is 23.6. The van der Waals surface area contributed by atoms with Crippen LogP contribution in [0.1, 0.15) is 37.9 Å². The predicted molar refractivity (Wildman–Crippen MR) is 130 cm³/mol. The quantitative estimate of drug-likeness (QED) is 0.672. The molecule has 0 aliphatic carbocycles. The third kappa shape index (κ3) is 4.76. The molecule has 2 aliphatic heterocycles. The van der Waals surface area contributed by atoms with E-state index >= 15 is 0 Å². The van der Waals surface area contributed by atoms with Crippen molar-refractivity contribution in [3.05, 3.63) is 53.9 Å². The largest absolute Gasteiger partial charge is 0.390 e. The summed E-state index contributed by atoms with van der Waals surface area (Å²) in [4.78, 5) is 24.3. The van der Waals surface area contributed by atoms with Crippen molar-refractivity contribution in [2.24, 2.45) is 5.92 Å². The summed E-state index contributed by atoms with van der Waals surface area (Å²) in [6.45, 7) is 8.16. The fourth-order valence-electron chi connectivity index (χ4n) is 4.98. The van der Waals surface area contributed by atoms with Crippen LogP contribution in [0.2, 0.25) is 0 Å². The first-order valence-electron chi connectivity index (χ1n) is 12.0. The molecule has 0 unspecified atom stereocenters. The number of para-hydroxylation sites is 1. The van der Waals surface area contributed by atoms with Gasteiger partial charge in [0.05, 0.1) is 23.7 Å². The lowest BCUT2D eigenvalue weighted by Crippen LogP contribution is -2.44. The van der Waals surface area contributed by atoms with E-state index in [-0.39, 0.29) is 11.8 Å². The molecule has 1 amide bonds. The molecule has 3 heterocycles. The van der Waals surface area contributed by atoms with Gasteiger partial charge in [0.2, 0.25) is 5.91 Å². The van der Waals surface area contributed by atoms with Crippen LogP contribution in [0.25, 0.3) is 0 Å². The molecule has 4 rings (SSSR count). The van der Waals surface area contributed by atoms with Gasteiger partial charge < -0.3 is 24.9 Å². The number of nitrogens with zero attached hydrogens (tertiary/aromatic N) is 4. The van der Waals surface area contributed by atoms with Crippen LogP contribution in [0.15, 0.2) is 42.6 Å². The number of benzene rings is 1. The van der Waals surface area contributed by atoms with Gasteiger partial charge in [0.15, 0.2) is 0 Å². The van der Waals surface area contributed by atoms with Gasteiger partial charge >= 0.3 is 0 Å². The van der Waals surface area contributed by atoms with Crippen molar-refractivity contribution in [3.63, 3.8) is 0 Å². The van der Waals surface area contributed by atoms with Gasteiger partial charge in [-0.15, -0.1) is 0 Å². The van der Waals surface area contributed by atoms with E-state index in [1.54, 1.807) is 24.1 Å². The highest BCUT2D eigenvalue weighted by Crippen LogP contribution is 2.33. The van der Waals surface area contributed by atoms with Gasteiger partial charge in [-0.3, -0.25) is 9.78 Å². The molecular formula is C26H36N4O3. The molecule has 0 saturated carbocycles. The Morgan fingerprint density at radius 2 is 1.85 bits per heavy atom. The van der Waals surface area contributed by atoms with Crippen LogP contribution in [-0.2, 0) is 16.8 Å². The summed E-state index contributed by atoms with van der Waals surface area (Å²) in [6.07, 6.45) is 2.61. The first kappa shape index (κ1) is 23.7. The second-order valence-electron chi connectivity index (χ2n) is 9.45. The maximum absolute atomic E-state index is 13.3. The number of carbonyl (C=O) groups excluding carboxylic acids is 1. The van der Waals surface area contributed by atoms with Crippen LogP contribution in [-0.4, -0.2) is 71.9 Å². The van der Waals surface area contributed by atoms with E-state index in [2.05, 4.69) is 46.1 Å². The summed E-state index contributed by atoms with van der Waals surface area (Å²) in [7, 11) is 2.16. The van der Waals surface area contributed by atoms with Crippen LogP contribution in [0.4, 0.5) is 11.4 Å². The minimum absolute atomic E-state index is 0.0525. The molecule has 2 N–H and O–H groups in total. The summed E-state index contributed by atoms with van der Waals surface area (Å²) in [6, 6.07) is 12.0. The molecule has 7 nitrogen and oxygen atoms in total. The van der Waals surface area contributed by atoms with Gasteiger partial charge in [-0.05, 0) is 57.0 Å². The number of aromatic nitrogens is 1. The Labute approximate surface area is 196 Å². The maximum Gasteiger partial charge on any atom is 0.230 e. The van der Waals surface area contributed by atoms with Gasteiger partial charge in [0.1, 0.15) is 5.60 Å². The van der Waals surface area contributed by atoms with Crippen molar-refractivity contribution >= 4 is 17.3 Å². The maximum atomic E-state index is 13.3. The number of pyridine rings is 1. The third-order valence-electron chi connectivity index (χ3n) is 7.35. The molecule has 0 bridgehead atoms. The summed E-state index contributed by atoms with van der Waals surface area (Å²) in [5.41, 5.74) is 2.26. The van der Waals surface area contributed by atoms with Gasteiger partial charge in [0, 0.05) is 44.3 Å². The van der Waals surface area contributed by atoms with E-state index in [1.807, 2.05) is 13.0 Å². The highest BCUT2D eigenvalue weighted by atomic mass is 16.3. The summed E-state index contributed by atoms with van der Waals surface area (Å²) in [5, 5.41) is 20.7. The van der Waals surface area contributed by atoms with E-state index < -0.39 is 11.7 Å². The number of piperazine rings is 1. The zero-order valence-corrected chi connectivity index (χ0v) is 19.9. The van der Waals surface area contributed by atoms with E-state index in [4.69, 9.17) is 0 Å². The molecule has 3 atom stereocenters. The Bertz CT molecular complexity index is 956. The molecule has 2 aliphatic rings. The molecule has 2 saturated heterocycles. The van der Waals surface area contributed by atoms with Crippen molar-refractivity contribution in [2.45, 2.75) is 44.8 Å². The number of amides is 1. The van der Waals surface area contributed by atoms with Crippen molar-refractivity contribution in [2.75, 3.05) is 49.6 Å². The van der Waals surface area contributed by atoms with Crippen LogP contribution < -0.4 is 9.80 Å². The van der Waals surface area contributed by atoms with E-state index in [1.165, 1.54) is 11.3 Å². The summed E-state index contributed by atoms with van der Waals surface area (Å²) in [5.74, 6) is 0.0716. The van der Waals surface area contributed by atoms with Crippen molar-refractivity contribution < 1.29 is 15.0 Å². The third-order valence-corrected chi connectivity index (χ3v) is 7.35. The molecule has 178 valence electrons. The minimum atomic E-state index is -1.39. The van der Waals surface area contributed by atoms with Crippen LogP contribution in [0, 0.1) is 5.92 Å². The van der Waals surface area contributed by atoms with Crippen molar-refractivity contribution in [1.82, 2.24) is 9.88 Å². The van der Waals surface area contributed by atoms with Crippen LogP contribution in [0.3, 0.4) is 0 Å². The van der Waals surface area contributed by atoms with Crippen molar-refractivity contribution in [1.29, 1.82) is 0 Å². The molecule has 2 fully saturated rings. The molecule has 2 aromatic rings. The molecule has 1 aromatic carbocycles. The van der Waals surface area contributed by atoms with E-state index in [0.29, 0.717) is 18.7 Å². The molecule has 33 heavy (non-hydrogen) atoms. The fourth-order valence-corrected chi connectivity index (χ4v) is 4.98. The number of aliphatic hydroxyl groups is 2. The summed E-state index contributed by atoms with van der Waals surface area (Å²) < 4.78 is 0. The van der Waals surface area contributed by atoms with E-state index in [0.717, 1.165) is 44.7 Å². The Morgan fingerprint density at radius 3 is 2.48 bits per heavy atom. The second kappa shape index (κ2) is 9.79. The number of hydrogen-bond acceptors (Lipinski definition) is 6. The van der Waals surface area contributed by atoms with Gasteiger partial charge in [-0.2, -0.15) is 0 Å². The average molecular weight is 453 g/mol. The lowest BCUT2D eigenvalue weighted by Gasteiger charge is -2.35. The Morgan fingerprint density at radius 1 is 1.12 bits per heavy atom. The molecular weight excluding hydrogens is 416 g/mol. The van der Waals surface area contributed by atoms with Gasteiger partial charge in [-0.25, -0.2) is 0 Å². The Hall–Kier alpha value is -2.48. The predicted octanol–water partition coefficient (Wildman–Crippen LogP) is 2.41. The van der Waals surface area contributed by atoms with Gasteiger partial charge in [0.25, 0.3) is 0 Å². The molecule has 7 heteroatoms. The molecule has 1 aromatic heterocycles. The fraction of sp³-hybridized carbons (Fsp3) is 0.538. The second-order valence-corrected chi connectivity index (χ2v) is 9.45. The highest BCUT2D eigenvalue weighted by Gasteiger charge is 2.36. The molecule has 0 radical (unpaired) electrons. The lowest BCUT2D eigenvalue weighted by atomic mass is 9.90. The molecule has 0 spiro atoms. The number of aliphatic hydroxyl groups excluding tert-OH is 1. The Kier molecular flexibility index (Phi) is 7.02. The first-order valence-corrected chi connectivity index (χ1v) is 12.0. The van der Waals surface area contributed by atoms with Gasteiger partial charge in [-0.1, -0.05) is 25.1 Å². The first-order chi connectivity index (χ1) is 15.8. The normalized spacial score (nSPS) is 22.5. The zero-order valence-electron chi connectivity index (χ0n) is 19.9.